The summed E-state index contributed by atoms with van der Waals surface area (Å²) in [6.07, 6.45) is 3.24. The van der Waals surface area contributed by atoms with Crippen LogP contribution in [0.25, 0.3) is 10.9 Å². The van der Waals surface area contributed by atoms with Gasteiger partial charge in [-0.3, -0.25) is 9.78 Å². The first kappa shape index (κ1) is 24.0. The van der Waals surface area contributed by atoms with Crippen LogP contribution >= 0.6 is 11.6 Å². The van der Waals surface area contributed by atoms with Gasteiger partial charge < -0.3 is 15.5 Å². The van der Waals surface area contributed by atoms with Crippen LogP contribution in [0.3, 0.4) is 0 Å². The van der Waals surface area contributed by atoms with E-state index in [4.69, 9.17) is 11.6 Å². The number of amides is 1. The first-order chi connectivity index (χ1) is 16.3. The monoisotopic (exact) mass is 499 g/mol. The van der Waals surface area contributed by atoms with E-state index in [1.807, 2.05) is 36.1 Å². The molecule has 0 aliphatic carbocycles. The van der Waals surface area contributed by atoms with Gasteiger partial charge in [0, 0.05) is 47.5 Å². The van der Waals surface area contributed by atoms with Crippen molar-refractivity contribution in [3.8, 4) is 0 Å². The van der Waals surface area contributed by atoms with Crippen molar-refractivity contribution in [2.45, 2.75) is 31.6 Å². The van der Waals surface area contributed by atoms with Crippen LogP contribution in [0.2, 0.25) is 5.02 Å². The molecule has 1 amide bonds. The molecule has 2 heterocycles. The third kappa shape index (κ3) is 5.00. The minimum Gasteiger partial charge on any atom is -0.384 e. The first-order valence-corrected chi connectivity index (χ1v) is 12.9. The van der Waals surface area contributed by atoms with E-state index < -0.39 is 10.0 Å². The molecule has 1 aromatic heterocycles. The molecular weight excluding hydrogens is 474 g/mol. The summed E-state index contributed by atoms with van der Waals surface area (Å²) < 4.78 is 29.0. The number of benzene rings is 2. The summed E-state index contributed by atoms with van der Waals surface area (Å²) in [5, 5.41) is 7.82. The number of hydrogen-bond acceptors (Lipinski definition) is 6. The number of pyridine rings is 1. The average molecular weight is 500 g/mol. The van der Waals surface area contributed by atoms with Crippen molar-refractivity contribution in [1.29, 1.82) is 0 Å². The maximum absolute atomic E-state index is 12.7. The van der Waals surface area contributed by atoms with Gasteiger partial charge in [0.05, 0.1) is 11.2 Å². The summed E-state index contributed by atoms with van der Waals surface area (Å²) in [4.78, 5) is 18.9. The number of halogens is 1. The van der Waals surface area contributed by atoms with Crippen molar-refractivity contribution < 1.29 is 13.2 Å². The Morgan fingerprint density at radius 3 is 2.74 bits per heavy atom. The molecule has 1 aliphatic heterocycles. The molecule has 34 heavy (non-hydrogen) atoms. The maximum atomic E-state index is 12.7. The zero-order chi connectivity index (χ0) is 24.3. The molecule has 0 saturated carbocycles. The maximum Gasteiger partial charge on any atom is 0.286 e. The number of carbonyl (C=O) groups excluding carboxylic acids is 1. The van der Waals surface area contributed by atoms with Crippen molar-refractivity contribution in [1.82, 2.24) is 10.3 Å². The van der Waals surface area contributed by atoms with Crippen molar-refractivity contribution >= 4 is 55.6 Å². The van der Waals surface area contributed by atoms with Crippen LogP contribution in [-0.4, -0.2) is 44.8 Å². The van der Waals surface area contributed by atoms with Crippen molar-refractivity contribution in [2.75, 3.05) is 29.9 Å². The zero-order valence-electron chi connectivity index (χ0n) is 19.0. The summed E-state index contributed by atoms with van der Waals surface area (Å²) in [6.45, 7) is 5.41. The van der Waals surface area contributed by atoms with Crippen molar-refractivity contribution in [2.24, 2.45) is 4.40 Å². The van der Waals surface area contributed by atoms with Crippen molar-refractivity contribution in [3.05, 3.63) is 59.2 Å². The first-order valence-electron chi connectivity index (χ1n) is 11.1. The van der Waals surface area contributed by atoms with Crippen LogP contribution in [0.1, 0.15) is 37.0 Å². The number of nitrogens with one attached hydrogen (secondary N) is 2. The Kier molecular flexibility index (Phi) is 7.04. The molecule has 0 saturated heterocycles. The molecule has 1 aliphatic rings. The lowest BCUT2D eigenvalue weighted by molar-refractivity contribution is 0.0953. The highest BCUT2D eigenvalue weighted by atomic mass is 35.5. The third-order valence-electron chi connectivity index (χ3n) is 5.54. The molecule has 0 radical (unpaired) electrons. The van der Waals surface area contributed by atoms with Gasteiger partial charge in [-0.25, -0.2) is 0 Å². The molecule has 4 rings (SSSR count). The lowest BCUT2D eigenvalue weighted by atomic mass is 10.1. The van der Waals surface area contributed by atoms with Gasteiger partial charge in [0.25, 0.3) is 15.9 Å². The van der Waals surface area contributed by atoms with Crippen molar-refractivity contribution in [3.63, 3.8) is 0 Å². The van der Waals surface area contributed by atoms with E-state index in [0.717, 1.165) is 23.0 Å². The third-order valence-corrected chi connectivity index (χ3v) is 7.16. The van der Waals surface area contributed by atoms with E-state index in [0.29, 0.717) is 48.2 Å². The highest BCUT2D eigenvalue weighted by molar-refractivity contribution is 7.90. The van der Waals surface area contributed by atoms with Gasteiger partial charge in [-0.2, -0.15) is 8.42 Å². The molecule has 0 unspecified atom stereocenters. The fourth-order valence-electron chi connectivity index (χ4n) is 3.93. The van der Waals surface area contributed by atoms with Crippen LogP contribution < -0.4 is 15.5 Å². The van der Waals surface area contributed by atoms with E-state index in [9.17, 15) is 13.2 Å². The Hall–Kier alpha value is -3.17. The van der Waals surface area contributed by atoms with E-state index in [2.05, 4.69) is 20.0 Å². The molecule has 0 fully saturated rings. The van der Waals surface area contributed by atoms with Crippen LogP contribution in [0.5, 0.6) is 0 Å². The summed E-state index contributed by atoms with van der Waals surface area (Å²) in [6, 6.07) is 12.2. The average Bonchev–Trinajstić information content (AvgIpc) is 2.80. The minimum atomic E-state index is -3.84. The topological polar surface area (TPSA) is 104 Å². The van der Waals surface area contributed by atoms with E-state index in [1.54, 1.807) is 25.3 Å². The number of amidine groups is 1. The predicted molar refractivity (Wildman–Crippen MR) is 137 cm³/mol. The number of nitrogens with zero attached hydrogens (tertiary/aromatic N) is 3. The molecule has 10 heteroatoms. The van der Waals surface area contributed by atoms with Gasteiger partial charge >= 0.3 is 0 Å². The standard InChI is InChI=1S/C24H26ClN5O3S/c1-3-13-30-16(2)29-34(32,33)23-14-17(5-8-22(23)30)24(31)28-11-4-10-26-20-9-12-27-21-15-18(25)6-7-19(20)21/h5-9,12,14-15H,3-4,10-11,13H2,1-2H3,(H,26,27)(H,28,31). The second-order valence-corrected chi connectivity index (χ2v) is 10.0. The number of anilines is 2. The largest absolute Gasteiger partial charge is 0.384 e. The van der Waals surface area contributed by atoms with Crippen LogP contribution in [-0.2, 0) is 10.0 Å². The highest BCUT2D eigenvalue weighted by Crippen LogP contribution is 2.32. The van der Waals surface area contributed by atoms with Crippen LogP contribution in [0.4, 0.5) is 11.4 Å². The van der Waals surface area contributed by atoms with Crippen LogP contribution in [0, 0.1) is 0 Å². The molecule has 0 atom stereocenters. The lowest BCUT2D eigenvalue weighted by Gasteiger charge is -2.29. The molecular formula is C24H26ClN5O3S. The number of hydrogen-bond donors (Lipinski definition) is 2. The summed E-state index contributed by atoms with van der Waals surface area (Å²) in [5.41, 5.74) is 2.60. The van der Waals surface area contributed by atoms with Gasteiger partial charge in [-0.05, 0) is 62.2 Å². The van der Waals surface area contributed by atoms with Gasteiger partial charge in [-0.1, -0.05) is 18.5 Å². The highest BCUT2D eigenvalue weighted by Gasteiger charge is 2.29. The molecule has 8 nitrogen and oxygen atoms in total. The quantitative estimate of drug-likeness (QED) is 0.443. The number of fused-ring (bicyclic) bond motifs is 2. The summed E-state index contributed by atoms with van der Waals surface area (Å²) >= 11 is 6.04. The molecule has 0 bridgehead atoms. The molecule has 0 spiro atoms. The van der Waals surface area contributed by atoms with E-state index in [1.165, 1.54) is 6.07 Å². The molecule has 2 aromatic carbocycles. The Morgan fingerprint density at radius 2 is 1.94 bits per heavy atom. The summed E-state index contributed by atoms with van der Waals surface area (Å²) in [7, 11) is -3.84. The Balaban J connectivity index is 1.37. The minimum absolute atomic E-state index is 0.0607. The van der Waals surface area contributed by atoms with Gasteiger partial charge in [0.2, 0.25) is 0 Å². The molecule has 178 valence electrons. The predicted octanol–water partition coefficient (Wildman–Crippen LogP) is 4.46. The Morgan fingerprint density at radius 1 is 1.12 bits per heavy atom. The lowest BCUT2D eigenvalue weighted by Crippen LogP contribution is -2.35. The number of rotatable bonds is 8. The Labute approximate surface area is 204 Å². The summed E-state index contributed by atoms with van der Waals surface area (Å²) in [5.74, 6) is 0.111. The second-order valence-electron chi connectivity index (χ2n) is 8.00. The molecule has 3 aromatic rings. The van der Waals surface area contributed by atoms with Gasteiger partial charge in [-0.15, -0.1) is 4.40 Å². The smallest absolute Gasteiger partial charge is 0.286 e. The normalized spacial score (nSPS) is 14.4. The number of sulfonamides is 1. The van der Waals surface area contributed by atoms with Crippen LogP contribution in [0.15, 0.2) is 58.0 Å². The second kappa shape index (κ2) is 9.99. The van der Waals surface area contributed by atoms with Gasteiger partial charge in [0.15, 0.2) is 0 Å². The number of aromatic nitrogens is 1. The fourth-order valence-corrected chi connectivity index (χ4v) is 5.36. The number of carbonyl (C=O) groups is 1. The van der Waals surface area contributed by atoms with E-state index >= 15 is 0 Å². The fraction of sp³-hybridized carbons (Fsp3) is 0.292. The van der Waals surface area contributed by atoms with E-state index in [-0.39, 0.29) is 10.8 Å². The van der Waals surface area contributed by atoms with Gasteiger partial charge in [0.1, 0.15) is 10.7 Å². The Bertz CT molecular complexity index is 1370. The molecule has 2 N–H and O–H groups in total. The SMILES string of the molecule is CCCN1C(C)=NS(=O)(=O)c2cc(C(=O)NCCCNc3ccnc4cc(Cl)ccc34)ccc21. The zero-order valence-corrected chi connectivity index (χ0v) is 20.6.